The summed E-state index contributed by atoms with van der Waals surface area (Å²) in [4.78, 5) is 0. The molecule has 76 valence electrons. The maximum absolute atomic E-state index is 3.27. The minimum atomic E-state index is 0.949. The second kappa shape index (κ2) is 5.61. The molecule has 1 aromatic rings. The lowest BCUT2D eigenvalue weighted by Crippen LogP contribution is -2.11. The van der Waals surface area contributed by atoms with E-state index in [9.17, 15) is 0 Å². The number of hydrogen-bond donors (Lipinski definition) is 1. The van der Waals surface area contributed by atoms with E-state index in [4.69, 9.17) is 0 Å². The minimum Gasteiger partial charge on any atom is -0.314 e. The lowest BCUT2D eigenvalue weighted by Gasteiger charge is -2.04. The molecular weight excluding hydrogens is 170 g/mol. The van der Waals surface area contributed by atoms with E-state index in [1.807, 2.05) is 0 Å². The van der Waals surface area contributed by atoms with Crippen molar-refractivity contribution in [1.29, 1.82) is 0 Å². The Morgan fingerprint density at radius 2 is 1.86 bits per heavy atom. The largest absolute Gasteiger partial charge is 0.314 e. The summed E-state index contributed by atoms with van der Waals surface area (Å²) in [5.41, 5.74) is 4.04. The molecule has 1 nitrogen and oxygen atoms in total. The van der Waals surface area contributed by atoms with Crippen molar-refractivity contribution >= 4 is 6.08 Å². The van der Waals surface area contributed by atoms with Gasteiger partial charge in [-0.25, -0.2) is 0 Å². The summed E-state index contributed by atoms with van der Waals surface area (Å²) in [5.74, 6) is 0. The molecule has 0 saturated carbocycles. The standard InChI is InChI=1S/C13H19N/c1-4-14-10-6-9-13-11(2)7-5-8-12(13)3/h5-9,14H,4,10H2,1-3H3/b9-6+. The first-order chi connectivity index (χ1) is 6.75. The molecule has 1 aromatic carbocycles. The molecule has 0 heterocycles. The van der Waals surface area contributed by atoms with Gasteiger partial charge in [-0.2, -0.15) is 0 Å². The molecule has 0 aliphatic rings. The van der Waals surface area contributed by atoms with E-state index < -0.39 is 0 Å². The maximum Gasteiger partial charge on any atom is 0.0138 e. The molecule has 0 amide bonds. The van der Waals surface area contributed by atoms with Crippen molar-refractivity contribution in [2.24, 2.45) is 0 Å². The van der Waals surface area contributed by atoms with E-state index in [0.29, 0.717) is 0 Å². The third kappa shape index (κ3) is 3.00. The summed E-state index contributed by atoms with van der Waals surface area (Å²) < 4.78 is 0. The molecule has 0 aromatic heterocycles. The van der Waals surface area contributed by atoms with Crippen LogP contribution in [0.4, 0.5) is 0 Å². The van der Waals surface area contributed by atoms with Gasteiger partial charge in [-0.3, -0.25) is 0 Å². The zero-order valence-electron chi connectivity index (χ0n) is 9.30. The first-order valence-electron chi connectivity index (χ1n) is 5.19. The molecule has 14 heavy (non-hydrogen) atoms. The molecule has 0 radical (unpaired) electrons. The van der Waals surface area contributed by atoms with Gasteiger partial charge in [0, 0.05) is 6.54 Å². The highest BCUT2D eigenvalue weighted by Gasteiger charge is 1.96. The predicted octanol–water partition coefficient (Wildman–Crippen LogP) is 2.93. The third-order valence-electron chi connectivity index (χ3n) is 2.34. The molecule has 0 unspecified atom stereocenters. The fraction of sp³-hybridized carbons (Fsp3) is 0.385. The number of rotatable bonds is 4. The number of hydrogen-bond acceptors (Lipinski definition) is 1. The lowest BCUT2D eigenvalue weighted by atomic mass is 10.0. The molecule has 1 heteroatoms. The van der Waals surface area contributed by atoms with Crippen LogP contribution in [0.1, 0.15) is 23.6 Å². The number of aryl methyl sites for hydroxylation is 2. The fourth-order valence-electron chi connectivity index (χ4n) is 1.49. The summed E-state index contributed by atoms with van der Waals surface area (Å²) in [6, 6.07) is 6.41. The highest BCUT2D eigenvalue weighted by atomic mass is 14.8. The zero-order valence-corrected chi connectivity index (χ0v) is 9.30. The van der Waals surface area contributed by atoms with E-state index in [1.54, 1.807) is 0 Å². The minimum absolute atomic E-state index is 0.949. The molecule has 0 aliphatic heterocycles. The Kier molecular flexibility index (Phi) is 4.41. The van der Waals surface area contributed by atoms with Crippen molar-refractivity contribution in [3.63, 3.8) is 0 Å². The molecule has 0 spiro atoms. The fourth-order valence-corrected chi connectivity index (χ4v) is 1.49. The average molecular weight is 189 g/mol. The molecule has 1 N–H and O–H groups in total. The summed E-state index contributed by atoms with van der Waals surface area (Å²) >= 11 is 0. The molecule has 0 bridgehead atoms. The van der Waals surface area contributed by atoms with Crippen molar-refractivity contribution in [1.82, 2.24) is 5.32 Å². The van der Waals surface area contributed by atoms with Gasteiger partial charge in [0.1, 0.15) is 0 Å². The van der Waals surface area contributed by atoms with Crippen molar-refractivity contribution in [3.05, 3.63) is 41.0 Å². The molecule has 0 fully saturated rings. The van der Waals surface area contributed by atoms with Gasteiger partial charge in [0.25, 0.3) is 0 Å². The van der Waals surface area contributed by atoms with Gasteiger partial charge in [0.05, 0.1) is 0 Å². The van der Waals surface area contributed by atoms with Crippen LogP contribution in [-0.2, 0) is 0 Å². The second-order valence-electron chi connectivity index (χ2n) is 3.52. The Bertz CT molecular complexity index is 293. The average Bonchev–Trinajstić information content (AvgIpc) is 2.16. The molecule has 0 aliphatic carbocycles. The zero-order chi connectivity index (χ0) is 10.4. The topological polar surface area (TPSA) is 12.0 Å². The van der Waals surface area contributed by atoms with E-state index in [0.717, 1.165) is 13.1 Å². The Hall–Kier alpha value is -1.08. The van der Waals surface area contributed by atoms with Gasteiger partial charge in [0.15, 0.2) is 0 Å². The molecule has 0 saturated heterocycles. The number of likely N-dealkylation sites (N-methyl/N-ethyl adjacent to an activating group) is 1. The lowest BCUT2D eigenvalue weighted by molar-refractivity contribution is 0.801. The van der Waals surface area contributed by atoms with Crippen molar-refractivity contribution in [3.8, 4) is 0 Å². The molecule has 1 rings (SSSR count). The van der Waals surface area contributed by atoms with Crippen LogP contribution in [0.2, 0.25) is 0 Å². The van der Waals surface area contributed by atoms with Crippen LogP contribution in [0.25, 0.3) is 6.08 Å². The van der Waals surface area contributed by atoms with Gasteiger partial charge in [-0.15, -0.1) is 0 Å². The van der Waals surface area contributed by atoms with Gasteiger partial charge >= 0.3 is 0 Å². The summed E-state index contributed by atoms with van der Waals surface area (Å²) in [7, 11) is 0. The summed E-state index contributed by atoms with van der Waals surface area (Å²) in [5, 5.41) is 3.27. The van der Waals surface area contributed by atoms with Crippen LogP contribution in [0.15, 0.2) is 24.3 Å². The van der Waals surface area contributed by atoms with E-state index in [-0.39, 0.29) is 0 Å². The Morgan fingerprint density at radius 3 is 2.43 bits per heavy atom. The van der Waals surface area contributed by atoms with Crippen molar-refractivity contribution in [2.75, 3.05) is 13.1 Å². The summed E-state index contributed by atoms with van der Waals surface area (Å²) in [6.45, 7) is 8.40. The van der Waals surface area contributed by atoms with Crippen LogP contribution in [0.3, 0.4) is 0 Å². The van der Waals surface area contributed by atoms with Gasteiger partial charge < -0.3 is 5.32 Å². The molecular formula is C13H19N. The van der Waals surface area contributed by atoms with E-state index in [1.165, 1.54) is 16.7 Å². The van der Waals surface area contributed by atoms with Crippen LogP contribution in [-0.4, -0.2) is 13.1 Å². The normalized spacial score (nSPS) is 11.1. The Labute approximate surface area is 86.8 Å². The first-order valence-corrected chi connectivity index (χ1v) is 5.19. The highest BCUT2D eigenvalue weighted by molar-refractivity contribution is 5.57. The predicted molar refractivity (Wildman–Crippen MR) is 63.5 cm³/mol. The van der Waals surface area contributed by atoms with Gasteiger partial charge in [-0.1, -0.05) is 37.3 Å². The summed E-state index contributed by atoms with van der Waals surface area (Å²) in [6.07, 6.45) is 4.38. The van der Waals surface area contributed by atoms with E-state index in [2.05, 4.69) is 56.4 Å². The van der Waals surface area contributed by atoms with Gasteiger partial charge in [-0.05, 0) is 37.1 Å². The number of benzene rings is 1. The van der Waals surface area contributed by atoms with Crippen molar-refractivity contribution < 1.29 is 0 Å². The number of nitrogens with one attached hydrogen (secondary N) is 1. The van der Waals surface area contributed by atoms with Crippen LogP contribution in [0, 0.1) is 13.8 Å². The van der Waals surface area contributed by atoms with Crippen LogP contribution >= 0.6 is 0 Å². The quantitative estimate of drug-likeness (QED) is 0.718. The Balaban J connectivity index is 2.70. The first kappa shape index (κ1) is 11.0. The monoisotopic (exact) mass is 189 g/mol. The van der Waals surface area contributed by atoms with E-state index >= 15 is 0 Å². The Morgan fingerprint density at radius 1 is 1.21 bits per heavy atom. The maximum atomic E-state index is 3.27. The highest BCUT2D eigenvalue weighted by Crippen LogP contribution is 2.14. The third-order valence-corrected chi connectivity index (χ3v) is 2.34. The SMILES string of the molecule is CCNC/C=C/c1c(C)cccc1C. The second-order valence-corrected chi connectivity index (χ2v) is 3.52. The van der Waals surface area contributed by atoms with Gasteiger partial charge in [0.2, 0.25) is 0 Å². The molecule has 0 atom stereocenters. The van der Waals surface area contributed by atoms with Crippen molar-refractivity contribution in [2.45, 2.75) is 20.8 Å². The van der Waals surface area contributed by atoms with Crippen LogP contribution < -0.4 is 5.32 Å². The van der Waals surface area contributed by atoms with Crippen LogP contribution in [0.5, 0.6) is 0 Å². The smallest absolute Gasteiger partial charge is 0.0138 e.